The van der Waals surface area contributed by atoms with Crippen molar-refractivity contribution in [1.29, 1.82) is 0 Å². The van der Waals surface area contributed by atoms with Gasteiger partial charge in [-0.15, -0.1) is 0 Å². The number of nitrogens with zero attached hydrogens (tertiary/aromatic N) is 1. The highest BCUT2D eigenvalue weighted by molar-refractivity contribution is 5.80. The lowest BCUT2D eigenvalue weighted by Crippen LogP contribution is -2.74. The summed E-state index contributed by atoms with van der Waals surface area (Å²) in [6.07, 6.45) is 1.47. The zero-order valence-corrected chi connectivity index (χ0v) is 19.7. The summed E-state index contributed by atoms with van der Waals surface area (Å²) in [5, 5.41) is 22.1. The van der Waals surface area contributed by atoms with Crippen LogP contribution >= 0.6 is 0 Å². The van der Waals surface area contributed by atoms with Gasteiger partial charge in [0.15, 0.2) is 12.2 Å². The minimum absolute atomic E-state index is 0.000868. The van der Waals surface area contributed by atoms with E-state index in [0.29, 0.717) is 36.3 Å². The lowest BCUT2D eigenvalue weighted by molar-refractivity contribution is -0.175. The van der Waals surface area contributed by atoms with Crippen LogP contribution in [0.5, 0.6) is 5.75 Å². The van der Waals surface area contributed by atoms with Gasteiger partial charge in [-0.2, -0.15) is 0 Å². The molecule has 5 rings (SSSR count). The minimum Gasteiger partial charge on any atom is -0.481 e. The average molecular weight is 473 g/mol. The maximum Gasteiger partial charge on any atom is 0.352 e. The molecule has 0 saturated carbocycles. The Labute approximate surface area is 198 Å². The summed E-state index contributed by atoms with van der Waals surface area (Å²) in [4.78, 5) is 27.0. The number of piperidine rings is 1. The standard InChI is InChI=1S/C25H32N2O7/c1-13(26)10-19(29)32-14(2)23(30)33-17-6-7-25(31)18-11-15-4-5-16(12-28)21-20(15)24(25,22(17)34-21)8-9-27(18)3/h4-6,13-14,18,22,28,31H,7-12,26H2,1-3H3/t13-,14+,18-,22?,24?,25-/m1/s1. The van der Waals surface area contributed by atoms with E-state index in [0.717, 1.165) is 17.7 Å². The van der Waals surface area contributed by atoms with Gasteiger partial charge in [-0.05, 0) is 51.9 Å². The molecule has 9 heteroatoms. The van der Waals surface area contributed by atoms with Gasteiger partial charge in [-0.1, -0.05) is 12.1 Å². The molecule has 184 valence electrons. The molecule has 4 aliphatic rings. The van der Waals surface area contributed by atoms with Crippen molar-refractivity contribution >= 4 is 11.9 Å². The van der Waals surface area contributed by atoms with Gasteiger partial charge in [0.1, 0.15) is 11.5 Å². The first kappa shape index (κ1) is 23.3. The van der Waals surface area contributed by atoms with Crippen LogP contribution < -0.4 is 10.5 Å². The van der Waals surface area contributed by atoms with Crippen molar-refractivity contribution in [1.82, 2.24) is 4.90 Å². The van der Waals surface area contributed by atoms with Gasteiger partial charge in [-0.3, -0.25) is 4.79 Å². The SMILES string of the molecule is C[C@H](OC(=O)C[C@@H](C)N)C(=O)OC1=CC[C@@]2(O)[C@H]3Cc4ccc(CO)c5c4C2(CCN3C)C1O5. The summed E-state index contributed by atoms with van der Waals surface area (Å²) in [7, 11) is 2.02. The van der Waals surface area contributed by atoms with Gasteiger partial charge in [0.2, 0.25) is 0 Å². The van der Waals surface area contributed by atoms with Crippen molar-refractivity contribution in [3.05, 3.63) is 40.7 Å². The van der Waals surface area contributed by atoms with E-state index in [1.807, 2.05) is 19.2 Å². The predicted molar refractivity (Wildman–Crippen MR) is 121 cm³/mol. The number of esters is 2. The Hall–Kier alpha value is -2.46. The first-order valence-corrected chi connectivity index (χ1v) is 11.8. The van der Waals surface area contributed by atoms with Crippen molar-refractivity contribution in [3.63, 3.8) is 0 Å². The Morgan fingerprint density at radius 2 is 2.12 bits per heavy atom. The molecule has 9 nitrogen and oxygen atoms in total. The van der Waals surface area contributed by atoms with Crippen LogP contribution in [0.4, 0.5) is 0 Å². The normalized spacial score (nSPS) is 32.7. The van der Waals surface area contributed by atoms with Crippen LogP contribution in [0.15, 0.2) is 24.0 Å². The Balaban J connectivity index is 1.49. The van der Waals surface area contributed by atoms with Gasteiger partial charge in [0.05, 0.1) is 24.0 Å². The summed E-state index contributed by atoms with van der Waals surface area (Å²) >= 11 is 0. The third kappa shape index (κ3) is 3.14. The molecule has 1 saturated heterocycles. The minimum atomic E-state index is -1.12. The van der Waals surface area contributed by atoms with Crippen molar-refractivity contribution < 1.29 is 34.0 Å². The molecule has 2 heterocycles. The number of hydrogen-bond donors (Lipinski definition) is 3. The third-order valence-corrected chi connectivity index (χ3v) is 7.97. The van der Waals surface area contributed by atoms with Gasteiger partial charge in [0.25, 0.3) is 0 Å². The molecule has 1 spiro atoms. The van der Waals surface area contributed by atoms with E-state index >= 15 is 0 Å². The molecule has 0 aromatic heterocycles. The van der Waals surface area contributed by atoms with Gasteiger partial charge < -0.3 is 35.1 Å². The molecular formula is C25H32N2O7. The summed E-state index contributed by atoms with van der Waals surface area (Å²) in [6, 6.07) is 3.38. The molecule has 4 N–H and O–H groups in total. The van der Waals surface area contributed by atoms with E-state index < -0.39 is 35.2 Å². The molecule has 0 amide bonds. The molecule has 0 radical (unpaired) electrons. The van der Waals surface area contributed by atoms with E-state index in [4.69, 9.17) is 19.9 Å². The summed E-state index contributed by atoms with van der Waals surface area (Å²) in [5.74, 6) is -0.404. The summed E-state index contributed by atoms with van der Waals surface area (Å²) in [6.45, 7) is 3.69. The molecule has 2 unspecified atom stereocenters. The predicted octanol–water partition coefficient (Wildman–Crippen LogP) is 0.669. The molecule has 1 aromatic rings. The molecule has 1 fully saturated rings. The molecule has 2 bridgehead atoms. The van der Waals surface area contributed by atoms with E-state index in [1.54, 1.807) is 13.0 Å². The number of likely N-dealkylation sites (tertiary alicyclic amines) is 1. The van der Waals surface area contributed by atoms with Crippen LogP contribution in [0.1, 0.15) is 49.8 Å². The number of carbonyl (C=O) groups excluding carboxylic acids is 2. The Morgan fingerprint density at radius 1 is 1.35 bits per heavy atom. The first-order valence-electron chi connectivity index (χ1n) is 11.8. The van der Waals surface area contributed by atoms with Crippen molar-refractivity contribution in [3.8, 4) is 5.75 Å². The molecule has 1 aromatic carbocycles. The Morgan fingerprint density at radius 3 is 2.82 bits per heavy atom. The van der Waals surface area contributed by atoms with Crippen LogP contribution in [0, 0.1) is 0 Å². The lowest BCUT2D eigenvalue weighted by atomic mass is 9.50. The van der Waals surface area contributed by atoms with Gasteiger partial charge in [0, 0.05) is 29.6 Å². The number of hydrogen-bond acceptors (Lipinski definition) is 9. The number of carbonyl (C=O) groups is 2. The van der Waals surface area contributed by atoms with E-state index in [2.05, 4.69) is 4.90 Å². The fourth-order valence-corrected chi connectivity index (χ4v) is 6.39. The van der Waals surface area contributed by atoms with E-state index in [1.165, 1.54) is 6.92 Å². The quantitative estimate of drug-likeness (QED) is 0.511. The second-order valence-corrected chi connectivity index (χ2v) is 10.1. The van der Waals surface area contributed by atoms with Crippen molar-refractivity contribution in [2.75, 3.05) is 13.6 Å². The number of ether oxygens (including phenoxy) is 3. The lowest BCUT2D eigenvalue weighted by Gasteiger charge is -2.61. The van der Waals surface area contributed by atoms with Crippen LogP contribution in [-0.4, -0.2) is 70.5 Å². The fourth-order valence-electron chi connectivity index (χ4n) is 6.39. The Bertz CT molecular complexity index is 1070. The van der Waals surface area contributed by atoms with Crippen molar-refractivity contribution in [2.45, 2.75) is 81.4 Å². The fraction of sp³-hybridized carbons (Fsp3) is 0.600. The number of aliphatic hydroxyl groups excluding tert-OH is 1. The Kier molecular flexibility index (Phi) is 5.51. The van der Waals surface area contributed by atoms with E-state index in [9.17, 15) is 19.8 Å². The summed E-state index contributed by atoms with van der Waals surface area (Å²) in [5.41, 5.74) is 6.38. The van der Waals surface area contributed by atoms with Crippen LogP contribution in [-0.2, 0) is 37.5 Å². The molecule has 6 atom stereocenters. The van der Waals surface area contributed by atoms with Crippen LogP contribution in [0.2, 0.25) is 0 Å². The molecular weight excluding hydrogens is 440 g/mol. The van der Waals surface area contributed by atoms with Gasteiger partial charge >= 0.3 is 11.9 Å². The highest BCUT2D eigenvalue weighted by atomic mass is 16.6. The van der Waals surface area contributed by atoms with E-state index in [-0.39, 0.29) is 25.1 Å². The number of rotatable bonds is 6. The molecule has 34 heavy (non-hydrogen) atoms. The first-order chi connectivity index (χ1) is 16.1. The molecule has 2 aliphatic carbocycles. The molecule has 2 aliphatic heterocycles. The monoisotopic (exact) mass is 472 g/mol. The maximum absolute atomic E-state index is 12.8. The van der Waals surface area contributed by atoms with Crippen LogP contribution in [0.3, 0.4) is 0 Å². The zero-order valence-electron chi connectivity index (χ0n) is 19.7. The average Bonchev–Trinajstić information content (AvgIpc) is 3.13. The number of nitrogens with two attached hydrogens (primary N) is 1. The number of likely N-dealkylation sites (N-methyl/N-ethyl adjacent to an activating group) is 1. The largest absolute Gasteiger partial charge is 0.481 e. The second-order valence-electron chi connectivity index (χ2n) is 10.1. The van der Waals surface area contributed by atoms with Gasteiger partial charge in [-0.25, -0.2) is 4.79 Å². The number of aliphatic hydroxyl groups is 2. The highest BCUT2D eigenvalue weighted by Gasteiger charge is 2.71. The van der Waals surface area contributed by atoms with Crippen LogP contribution in [0.25, 0.3) is 0 Å². The number of benzene rings is 1. The maximum atomic E-state index is 12.8. The zero-order chi connectivity index (χ0) is 24.4. The smallest absolute Gasteiger partial charge is 0.352 e. The topological polar surface area (TPSA) is 132 Å². The highest BCUT2D eigenvalue weighted by Crippen LogP contribution is 2.64. The van der Waals surface area contributed by atoms with Crippen molar-refractivity contribution in [2.24, 2.45) is 5.73 Å². The summed E-state index contributed by atoms with van der Waals surface area (Å²) < 4.78 is 17.4. The second kappa shape index (κ2) is 8.05. The third-order valence-electron chi connectivity index (χ3n) is 7.97.